The Kier molecular flexibility index (Phi) is 7.68. The number of nitriles is 2. The Hall–Kier alpha value is -2.61. The maximum atomic E-state index is 12.4. The molecule has 1 saturated carbocycles. The van der Waals surface area contributed by atoms with Crippen molar-refractivity contribution < 1.29 is 9.53 Å². The highest BCUT2D eigenvalue weighted by Crippen LogP contribution is 2.36. The summed E-state index contributed by atoms with van der Waals surface area (Å²) in [7, 11) is 0. The molecule has 3 rings (SSSR count). The summed E-state index contributed by atoms with van der Waals surface area (Å²) in [6, 6.07) is 15.1. The first-order valence-electron chi connectivity index (χ1n) is 9.54. The fourth-order valence-corrected chi connectivity index (χ4v) is 4.81. The topological polar surface area (TPSA) is 85.9 Å². The normalized spacial score (nSPS) is 14.1. The summed E-state index contributed by atoms with van der Waals surface area (Å²) in [6.45, 7) is 0.239. The predicted octanol–water partition coefficient (Wildman–Crippen LogP) is 5.63. The number of nitrogens with zero attached hydrogens (tertiary/aromatic N) is 2. The van der Waals surface area contributed by atoms with Gasteiger partial charge in [0, 0.05) is 11.6 Å². The molecule has 7 heteroatoms. The van der Waals surface area contributed by atoms with Crippen molar-refractivity contribution in [3.05, 3.63) is 67.6 Å². The van der Waals surface area contributed by atoms with Crippen molar-refractivity contribution in [3.63, 3.8) is 0 Å². The van der Waals surface area contributed by atoms with Crippen molar-refractivity contribution in [1.29, 1.82) is 10.5 Å². The summed E-state index contributed by atoms with van der Waals surface area (Å²) in [5.41, 5.74) is 2.11. The Bertz CT molecular complexity index is 1040. The molecule has 0 atom stereocenters. The number of rotatable bonds is 6. The van der Waals surface area contributed by atoms with Crippen LogP contribution in [-0.2, 0) is 11.4 Å². The fourth-order valence-electron chi connectivity index (χ4n) is 3.35. The van der Waals surface area contributed by atoms with Gasteiger partial charge in [-0.3, -0.25) is 4.79 Å². The minimum atomic E-state index is -0.343. The van der Waals surface area contributed by atoms with Gasteiger partial charge in [-0.1, -0.05) is 31.0 Å². The van der Waals surface area contributed by atoms with Gasteiger partial charge in [0.2, 0.25) is 0 Å². The summed E-state index contributed by atoms with van der Waals surface area (Å²) < 4.78 is 7.25. The molecular formula is C23H19Br2N3O2. The molecule has 2 aromatic rings. The Labute approximate surface area is 192 Å². The first kappa shape index (κ1) is 22.1. The number of nitrogens with one attached hydrogen (secondary N) is 1. The minimum absolute atomic E-state index is 0.0670. The van der Waals surface area contributed by atoms with Gasteiger partial charge >= 0.3 is 0 Å². The first-order valence-corrected chi connectivity index (χ1v) is 11.1. The van der Waals surface area contributed by atoms with E-state index < -0.39 is 0 Å². The lowest BCUT2D eigenvalue weighted by Crippen LogP contribution is -2.33. The van der Waals surface area contributed by atoms with Gasteiger partial charge in [-0.25, -0.2) is 0 Å². The van der Waals surface area contributed by atoms with E-state index in [9.17, 15) is 15.3 Å². The molecule has 2 aromatic carbocycles. The minimum Gasteiger partial charge on any atom is -0.486 e. The molecule has 0 radical (unpaired) electrons. The summed E-state index contributed by atoms with van der Waals surface area (Å²) >= 11 is 6.99. The van der Waals surface area contributed by atoms with Crippen molar-refractivity contribution in [3.8, 4) is 17.9 Å². The van der Waals surface area contributed by atoms with Gasteiger partial charge in [-0.05, 0) is 74.5 Å². The van der Waals surface area contributed by atoms with Crippen molar-refractivity contribution in [2.24, 2.45) is 0 Å². The quantitative estimate of drug-likeness (QED) is 0.389. The van der Waals surface area contributed by atoms with Crippen LogP contribution in [0.2, 0.25) is 0 Å². The number of ether oxygens (including phenoxy) is 1. The van der Waals surface area contributed by atoms with Crippen LogP contribution in [0.5, 0.6) is 5.75 Å². The van der Waals surface area contributed by atoms with Crippen LogP contribution in [-0.4, -0.2) is 11.9 Å². The molecule has 30 heavy (non-hydrogen) atoms. The molecule has 1 aliphatic rings. The first-order chi connectivity index (χ1) is 14.5. The van der Waals surface area contributed by atoms with Gasteiger partial charge in [-0.2, -0.15) is 10.5 Å². The van der Waals surface area contributed by atoms with E-state index in [1.54, 1.807) is 24.3 Å². The maximum Gasteiger partial charge on any atom is 0.262 e. The van der Waals surface area contributed by atoms with Gasteiger partial charge in [0.25, 0.3) is 5.91 Å². The molecule has 0 aromatic heterocycles. The molecule has 1 aliphatic carbocycles. The number of hydrogen-bond acceptors (Lipinski definition) is 4. The van der Waals surface area contributed by atoms with E-state index in [4.69, 9.17) is 4.74 Å². The van der Waals surface area contributed by atoms with Crippen LogP contribution in [0.1, 0.15) is 42.4 Å². The van der Waals surface area contributed by atoms with Gasteiger partial charge in [0.05, 0.1) is 20.6 Å². The second kappa shape index (κ2) is 10.4. The van der Waals surface area contributed by atoms with Crippen molar-refractivity contribution >= 4 is 43.8 Å². The van der Waals surface area contributed by atoms with Crippen LogP contribution >= 0.6 is 31.9 Å². The van der Waals surface area contributed by atoms with Crippen molar-refractivity contribution in [2.75, 3.05) is 0 Å². The van der Waals surface area contributed by atoms with E-state index in [-0.39, 0.29) is 24.1 Å². The largest absolute Gasteiger partial charge is 0.486 e. The number of halogens is 2. The molecule has 5 nitrogen and oxygen atoms in total. The molecule has 152 valence electrons. The van der Waals surface area contributed by atoms with E-state index >= 15 is 0 Å². The second-order valence-corrected chi connectivity index (χ2v) is 8.70. The highest BCUT2D eigenvalue weighted by molar-refractivity contribution is 9.11. The van der Waals surface area contributed by atoms with Crippen molar-refractivity contribution in [2.45, 2.75) is 38.3 Å². The fraction of sp³-hybridized carbons (Fsp3) is 0.261. The highest BCUT2D eigenvalue weighted by atomic mass is 79.9. The zero-order valence-electron chi connectivity index (χ0n) is 16.1. The molecule has 1 N–H and O–H groups in total. The average molecular weight is 529 g/mol. The highest BCUT2D eigenvalue weighted by Gasteiger charge is 2.19. The van der Waals surface area contributed by atoms with E-state index in [0.717, 1.165) is 31.2 Å². The Morgan fingerprint density at radius 2 is 1.83 bits per heavy atom. The van der Waals surface area contributed by atoms with E-state index in [1.165, 1.54) is 0 Å². The molecule has 0 bridgehead atoms. The molecule has 0 saturated heterocycles. The molecule has 1 fully saturated rings. The van der Waals surface area contributed by atoms with Crippen LogP contribution < -0.4 is 10.1 Å². The van der Waals surface area contributed by atoms with Crippen LogP contribution in [0, 0.1) is 22.7 Å². The molecule has 0 spiro atoms. The number of carbonyl (C=O) groups is 1. The lowest BCUT2D eigenvalue weighted by Gasteiger charge is -2.13. The number of carbonyl (C=O) groups excluding carboxylic acids is 1. The van der Waals surface area contributed by atoms with Crippen molar-refractivity contribution in [1.82, 2.24) is 5.32 Å². The van der Waals surface area contributed by atoms with Gasteiger partial charge in [0.15, 0.2) is 0 Å². The third kappa shape index (κ3) is 5.50. The Morgan fingerprint density at radius 1 is 1.17 bits per heavy atom. The van der Waals surface area contributed by atoms with Crippen LogP contribution in [0.4, 0.5) is 0 Å². The van der Waals surface area contributed by atoms with E-state index in [0.29, 0.717) is 25.8 Å². The summed E-state index contributed by atoms with van der Waals surface area (Å²) in [4.78, 5) is 12.4. The smallest absolute Gasteiger partial charge is 0.262 e. The van der Waals surface area contributed by atoms with Crippen LogP contribution in [0.3, 0.4) is 0 Å². The predicted molar refractivity (Wildman–Crippen MR) is 121 cm³/mol. The number of amides is 1. The summed E-state index contributed by atoms with van der Waals surface area (Å²) in [5.74, 6) is 0.235. The lowest BCUT2D eigenvalue weighted by atomic mass is 10.1. The summed E-state index contributed by atoms with van der Waals surface area (Å²) in [6.07, 6.45) is 5.70. The van der Waals surface area contributed by atoms with Gasteiger partial charge < -0.3 is 10.1 Å². The lowest BCUT2D eigenvalue weighted by molar-refractivity contribution is -0.117. The number of hydrogen-bond donors (Lipinski definition) is 1. The van der Waals surface area contributed by atoms with Gasteiger partial charge in [-0.15, -0.1) is 0 Å². The van der Waals surface area contributed by atoms with E-state index in [2.05, 4.69) is 43.2 Å². The monoisotopic (exact) mass is 527 g/mol. The molecule has 0 heterocycles. The number of benzene rings is 2. The second-order valence-electron chi connectivity index (χ2n) is 7.00. The molecule has 0 unspecified atom stereocenters. The Balaban J connectivity index is 1.76. The zero-order chi connectivity index (χ0) is 21.5. The van der Waals surface area contributed by atoms with Crippen LogP contribution in [0.15, 0.2) is 50.9 Å². The standard InChI is InChI=1S/C23H19Br2N3O2/c24-20-10-15(9-18(13-27)23(29)28-19-7-3-4-8-19)11-21(25)22(20)30-14-17-6-2-1-5-16(17)12-26/h1-2,5-6,9-11,19H,3-4,7-8,14H2,(H,28,29)/b18-9-. The van der Waals surface area contributed by atoms with Gasteiger partial charge in [0.1, 0.15) is 24.0 Å². The molecular weight excluding hydrogens is 510 g/mol. The summed E-state index contributed by atoms with van der Waals surface area (Å²) in [5, 5.41) is 21.6. The maximum absolute atomic E-state index is 12.4. The SMILES string of the molecule is N#C/C(=C/c1cc(Br)c(OCc2ccccc2C#N)c(Br)c1)C(=O)NC1CCCC1. The van der Waals surface area contributed by atoms with E-state index in [1.807, 2.05) is 24.3 Å². The van der Waals surface area contributed by atoms with Crippen LogP contribution in [0.25, 0.3) is 6.08 Å². The third-order valence-corrected chi connectivity index (χ3v) is 6.07. The molecule has 0 aliphatic heterocycles. The zero-order valence-corrected chi connectivity index (χ0v) is 19.3. The Morgan fingerprint density at radius 3 is 2.47 bits per heavy atom. The molecule has 1 amide bonds. The third-order valence-electron chi connectivity index (χ3n) is 4.90. The average Bonchev–Trinajstić information content (AvgIpc) is 3.24.